The summed E-state index contributed by atoms with van der Waals surface area (Å²) in [4.78, 5) is 31.9. The fourth-order valence-corrected chi connectivity index (χ4v) is 6.08. The number of alkyl halides is 3. The summed E-state index contributed by atoms with van der Waals surface area (Å²) >= 11 is 1.47. The number of piperidine rings is 1. The minimum Gasteiger partial charge on any atom is -0.449 e. The Hall–Kier alpha value is -3.81. The van der Waals surface area contributed by atoms with Crippen LogP contribution in [0.2, 0.25) is 0 Å². The van der Waals surface area contributed by atoms with Gasteiger partial charge in [-0.05, 0) is 56.5 Å². The van der Waals surface area contributed by atoms with E-state index in [2.05, 4.69) is 46.1 Å². The fraction of sp³-hybridized carbons (Fsp3) is 0.500. The first-order valence-electron chi connectivity index (χ1n) is 14.0. The summed E-state index contributed by atoms with van der Waals surface area (Å²) in [5.74, 6) is -2.65. The maximum atomic E-state index is 12.2. The Morgan fingerprint density at radius 3 is 2.28 bits per heavy atom. The van der Waals surface area contributed by atoms with Crippen molar-refractivity contribution in [2.24, 2.45) is 0 Å². The van der Waals surface area contributed by atoms with Crippen LogP contribution in [0.5, 0.6) is 0 Å². The lowest BCUT2D eigenvalue weighted by molar-refractivity contribution is -0.200. The molecule has 0 saturated carbocycles. The van der Waals surface area contributed by atoms with Crippen LogP contribution in [-0.2, 0) is 27.3 Å². The van der Waals surface area contributed by atoms with E-state index >= 15 is 0 Å². The number of rotatable bonds is 11. The summed E-state index contributed by atoms with van der Waals surface area (Å²) < 4.78 is 40.7. The van der Waals surface area contributed by atoms with Gasteiger partial charge in [0.2, 0.25) is 0 Å². The van der Waals surface area contributed by atoms with E-state index in [0.29, 0.717) is 45.6 Å². The Bertz CT molecular complexity index is 1380. The van der Waals surface area contributed by atoms with Crippen molar-refractivity contribution < 1.29 is 27.5 Å². The van der Waals surface area contributed by atoms with Crippen molar-refractivity contribution in [3.05, 3.63) is 52.1 Å². The quantitative estimate of drug-likeness (QED) is 0.278. The summed E-state index contributed by atoms with van der Waals surface area (Å²) in [6.45, 7) is 4.50. The average molecular weight is 617 g/mol. The SMILES string of the molecule is CCc1c(C#N)c(SC(CC)c2ccc(CNC(=O)COC(=O)C(F)(F)F)cc2)nc(N2CCC(N(C)C)CC2)c1C#N. The van der Waals surface area contributed by atoms with Crippen molar-refractivity contribution in [1.29, 1.82) is 10.5 Å². The first-order valence-corrected chi connectivity index (χ1v) is 14.9. The Morgan fingerprint density at radius 2 is 1.77 bits per heavy atom. The smallest absolute Gasteiger partial charge is 0.449 e. The number of nitriles is 2. The van der Waals surface area contributed by atoms with Gasteiger partial charge in [-0.1, -0.05) is 49.9 Å². The van der Waals surface area contributed by atoms with Crippen molar-refractivity contribution in [2.45, 2.75) is 68.6 Å². The second-order valence-electron chi connectivity index (χ2n) is 10.3. The van der Waals surface area contributed by atoms with Gasteiger partial charge in [-0.2, -0.15) is 23.7 Å². The van der Waals surface area contributed by atoms with Crippen molar-refractivity contribution >= 4 is 29.5 Å². The summed E-state index contributed by atoms with van der Waals surface area (Å²) in [6, 6.07) is 12.4. The Balaban J connectivity index is 1.77. The number of pyridine rings is 1. The molecule has 2 aromatic rings. The maximum Gasteiger partial charge on any atom is 0.490 e. The normalized spacial score (nSPS) is 14.6. The molecule has 1 aliphatic heterocycles. The molecule has 1 aromatic carbocycles. The van der Waals surface area contributed by atoms with Gasteiger partial charge in [0, 0.05) is 30.9 Å². The molecule has 43 heavy (non-hydrogen) atoms. The number of amides is 1. The predicted octanol–water partition coefficient (Wildman–Crippen LogP) is 4.88. The molecule has 1 atom stereocenters. The lowest BCUT2D eigenvalue weighted by atomic mass is 9.99. The minimum atomic E-state index is -5.16. The molecule has 13 heteroatoms. The first kappa shape index (κ1) is 33.7. The van der Waals surface area contributed by atoms with E-state index in [-0.39, 0.29) is 11.8 Å². The van der Waals surface area contributed by atoms with Crippen molar-refractivity contribution in [1.82, 2.24) is 15.2 Å². The molecule has 0 radical (unpaired) electrons. The molecule has 1 fully saturated rings. The topological polar surface area (TPSA) is 122 Å². The predicted molar refractivity (Wildman–Crippen MR) is 156 cm³/mol. The number of thioether (sulfide) groups is 1. The van der Waals surface area contributed by atoms with Gasteiger partial charge in [0.25, 0.3) is 5.91 Å². The van der Waals surface area contributed by atoms with E-state index in [4.69, 9.17) is 4.98 Å². The highest BCUT2D eigenvalue weighted by Crippen LogP contribution is 2.41. The number of nitrogens with one attached hydrogen (secondary N) is 1. The summed E-state index contributed by atoms with van der Waals surface area (Å²) in [7, 11) is 4.14. The molecule has 2 heterocycles. The number of carbonyl (C=O) groups is 2. The highest BCUT2D eigenvalue weighted by Gasteiger charge is 2.41. The van der Waals surface area contributed by atoms with E-state index in [0.717, 1.165) is 37.9 Å². The second kappa shape index (κ2) is 15.1. The number of nitrogens with zero attached hydrogens (tertiary/aromatic N) is 5. The number of hydrogen-bond donors (Lipinski definition) is 1. The zero-order valence-corrected chi connectivity index (χ0v) is 25.4. The molecule has 1 aliphatic rings. The van der Waals surface area contributed by atoms with Gasteiger partial charge < -0.3 is 19.9 Å². The summed E-state index contributed by atoms with van der Waals surface area (Å²) in [6.07, 6.45) is -2.01. The van der Waals surface area contributed by atoms with Crippen LogP contribution in [0.3, 0.4) is 0 Å². The zero-order valence-electron chi connectivity index (χ0n) is 24.6. The molecule has 1 N–H and O–H groups in total. The molecule has 1 saturated heterocycles. The molecule has 0 spiro atoms. The van der Waals surface area contributed by atoms with Gasteiger partial charge in [0.15, 0.2) is 6.61 Å². The van der Waals surface area contributed by atoms with Gasteiger partial charge in [-0.15, -0.1) is 0 Å². The van der Waals surface area contributed by atoms with Gasteiger partial charge >= 0.3 is 12.1 Å². The van der Waals surface area contributed by atoms with E-state index in [1.807, 2.05) is 26.0 Å². The molecule has 0 bridgehead atoms. The van der Waals surface area contributed by atoms with Crippen LogP contribution in [0.1, 0.15) is 66.2 Å². The lowest BCUT2D eigenvalue weighted by Gasteiger charge is -2.36. The number of ether oxygens (including phenoxy) is 1. The number of halogens is 3. The van der Waals surface area contributed by atoms with Crippen molar-refractivity contribution in [3.63, 3.8) is 0 Å². The van der Waals surface area contributed by atoms with E-state index < -0.39 is 24.7 Å². The van der Waals surface area contributed by atoms with Crippen molar-refractivity contribution in [2.75, 3.05) is 38.7 Å². The molecule has 9 nitrogen and oxygen atoms in total. The Morgan fingerprint density at radius 1 is 1.14 bits per heavy atom. The standard InChI is InChI=1S/C30H35F3N6O3S/c1-5-22-23(15-34)27(39-13-11-21(12-14-39)38(3)4)37-28(24(22)16-35)43-25(6-2)20-9-7-19(8-10-20)17-36-26(40)18-42-29(41)30(31,32)33/h7-10,21,25H,5-6,11-14,17-18H2,1-4H3,(H,36,40). The highest BCUT2D eigenvalue weighted by molar-refractivity contribution is 7.99. The van der Waals surface area contributed by atoms with E-state index in [9.17, 15) is 33.3 Å². The third kappa shape index (κ3) is 8.62. The van der Waals surface area contributed by atoms with Crippen LogP contribution in [0.4, 0.5) is 19.0 Å². The number of aromatic nitrogens is 1. The van der Waals surface area contributed by atoms with Crippen LogP contribution in [-0.4, -0.2) is 67.8 Å². The van der Waals surface area contributed by atoms with Crippen LogP contribution in [0.25, 0.3) is 0 Å². The number of benzene rings is 1. The molecule has 0 aliphatic carbocycles. The Labute approximate surface area is 254 Å². The van der Waals surface area contributed by atoms with Gasteiger partial charge in [-0.3, -0.25) is 4.79 Å². The number of hydrogen-bond acceptors (Lipinski definition) is 9. The first-order chi connectivity index (χ1) is 20.4. The minimum absolute atomic E-state index is 0.0378. The average Bonchev–Trinajstić information content (AvgIpc) is 3.00. The summed E-state index contributed by atoms with van der Waals surface area (Å²) in [5, 5.41) is 23.1. The van der Waals surface area contributed by atoms with Gasteiger partial charge in [0.05, 0.1) is 11.1 Å². The molecule has 1 aromatic heterocycles. The molecule has 3 rings (SSSR count). The fourth-order valence-electron chi connectivity index (χ4n) is 4.93. The number of carbonyl (C=O) groups excluding carboxylic acids is 2. The number of anilines is 1. The second-order valence-corrected chi connectivity index (χ2v) is 11.5. The molecular weight excluding hydrogens is 581 g/mol. The number of esters is 1. The zero-order chi connectivity index (χ0) is 31.7. The third-order valence-electron chi connectivity index (χ3n) is 7.35. The maximum absolute atomic E-state index is 12.2. The molecule has 230 valence electrons. The van der Waals surface area contributed by atoms with Crippen LogP contribution in [0.15, 0.2) is 29.3 Å². The third-order valence-corrected chi connectivity index (χ3v) is 8.76. The van der Waals surface area contributed by atoms with Crippen LogP contribution >= 0.6 is 11.8 Å². The van der Waals surface area contributed by atoms with Gasteiger partial charge in [0.1, 0.15) is 23.0 Å². The van der Waals surface area contributed by atoms with Crippen LogP contribution in [0, 0.1) is 22.7 Å². The van der Waals surface area contributed by atoms with Crippen molar-refractivity contribution in [3.8, 4) is 12.1 Å². The van der Waals surface area contributed by atoms with Gasteiger partial charge in [-0.25, -0.2) is 9.78 Å². The van der Waals surface area contributed by atoms with Crippen LogP contribution < -0.4 is 10.2 Å². The monoisotopic (exact) mass is 616 g/mol. The van der Waals surface area contributed by atoms with E-state index in [1.165, 1.54) is 11.8 Å². The lowest BCUT2D eigenvalue weighted by Crippen LogP contribution is -2.42. The van der Waals surface area contributed by atoms with E-state index in [1.54, 1.807) is 12.1 Å². The molecule has 1 unspecified atom stereocenters. The Kier molecular flexibility index (Phi) is 11.8. The molecule has 1 amide bonds. The summed E-state index contributed by atoms with van der Waals surface area (Å²) in [5.41, 5.74) is 3.24. The molecular formula is C30H35F3N6O3S. The highest BCUT2D eigenvalue weighted by atomic mass is 32.2. The largest absolute Gasteiger partial charge is 0.490 e.